The third-order valence-electron chi connectivity index (χ3n) is 10.6. The van der Waals surface area contributed by atoms with Crippen molar-refractivity contribution in [1.82, 2.24) is 4.90 Å². The highest BCUT2D eigenvalue weighted by Crippen LogP contribution is 2.50. The number of carbonyl (C=O) groups excluding carboxylic acids is 3. The van der Waals surface area contributed by atoms with Gasteiger partial charge in [-0.2, -0.15) is 0 Å². The monoisotopic (exact) mass is 749 g/mol. The van der Waals surface area contributed by atoms with Crippen LogP contribution in [0.25, 0.3) is 0 Å². The van der Waals surface area contributed by atoms with Crippen LogP contribution in [0.1, 0.15) is 50.0 Å². The number of Topliss-reactive ketones (excluding diaryl/α,β-unsaturated/α-hetero) is 1. The highest BCUT2D eigenvalue weighted by atomic mass is 31.2. The number of amides is 1. The average Bonchev–Trinajstić information content (AvgIpc) is 3.14. The molecular formula is C44H52NO6PSi. The van der Waals surface area contributed by atoms with Crippen LogP contribution < -0.4 is 15.9 Å². The van der Waals surface area contributed by atoms with E-state index in [0.29, 0.717) is 12.0 Å². The van der Waals surface area contributed by atoms with Gasteiger partial charge in [0.25, 0.3) is 0 Å². The van der Waals surface area contributed by atoms with E-state index in [2.05, 4.69) is 40.4 Å². The van der Waals surface area contributed by atoms with Crippen LogP contribution in [0.5, 0.6) is 0 Å². The SMILES string of the molecule is C=CCOC(=O)C(N1C(=O)[C@H]([C@@H](C)O[Si](C)(C)C(C)(C)C)[C@H]1CC(=O)c1ccc(CCO)cc1)=P(c1ccccc1)(c1ccccc1)c1ccccc1. The topological polar surface area (TPSA) is 93.1 Å². The fraction of sp³-hybridized carbons (Fsp3) is 0.318. The van der Waals surface area contributed by atoms with Gasteiger partial charge in [-0.05, 0) is 53.0 Å². The maximum absolute atomic E-state index is 15.0. The van der Waals surface area contributed by atoms with Gasteiger partial charge in [0.1, 0.15) is 12.0 Å². The summed E-state index contributed by atoms with van der Waals surface area (Å²) in [5, 5.41) is 11.9. The van der Waals surface area contributed by atoms with Gasteiger partial charge in [-0.3, -0.25) is 9.59 Å². The van der Waals surface area contributed by atoms with Crippen molar-refractivity contribution in [1.29, 1.82) is 0 Å². The summed E-state index contributed by atoms with van der Waals surface area (Å²) in [5.41, 5.74) is 1.64. The molecular weight excluding hydrogens is 698 g/mol. The molecule has 3 atom stereocenters. The van der Waals surface area contributed by atoms with Crippen LogP contribution in [0.15, 0.2) is 128 Å². The van der Waals surface area contributed by atoms with Crippen LogP contribution in [0.2, 0.25) is 18.1 Å². The third kappa shape index (κ3) is 8.12. The number of likely N-dealkylation sites (tertiary alicyclic amines) is 1. The number of hydrogen-bond acceptors (Lipinski definition) is 6. The Balaban J connectivity index is 1.81. The number of esters is 1. The van der Waals surface area contributed by atoms with Gasteiger partial charge in [0.15, 0.2) is 14.1 Å². The van der Waals surface area contributed by atoms with Crippen molar-refractivity contribution in [3.05, 3.63) is 139 Å². The van der Waals surface area contributed by atoms with Crippen molar-refractivity contribution in [2.24, 2.45) is 5.92 Å². The number of benzene rings is 4. The van der Waals surface area contributed by atoms with Crippen LogP contribution in [0, 0.1) is 5.92 Å². The Morgan fingerprint density at radius 1 is 0.868 bits per heavy atom. The standard InChI is InChI=1S/C44H52NO6PSi/c1-8-30-50-43(49)42(52(35-18-12-9-13-19-35,36-20-14-10-15-21-36)37-22-16-11-17-23-37)45-38(31-39(47)34-26-24-33(25-27-34)28-29-46)40(41(45)48)32(2)51-53(6,7)44(3,4)5/h8-27,32,38,40,46H,1,28-31H2,2-7H3/t32-,38-,40-/m1/s1. The lowest BCUT2D eigenvalue weighted by Crippen LogP contribution is -2.69. The van der Waals surface area contributed by atoms with Gasteiger partial charge in [0, 0.05) is 25.5 Å². The van der Waals surface area contributed by atoms with Gasteiger partial charge in [0.2, 0.25) is 5.91 Å². The molecule has 1 N–H and O–H groups in total. The molecule has 5 rings (SSSR count). The first-order valence-electron chi connectivity index (χ1n) is 18.2. The van der Waals surface area contributed by atoms with Crippen LogP contribution in [-0.2, 0) is 25.2 Å². The molecule has 4 aromatic rings. The molecule has 7 nitrogen and oxygen atoms in total. The first kappa shape index (κ1) is 39.9. The van der Waals surface area contributed by atoms with E-state index in [0.717, 1.165) is 21.5 Å². The molecule has 0 spiro atoms. The minimum absolute atomic E-state index is 0.00983. The Morgan fingerprint density at radius 2 is 1.36 bits per heavy atom. The second kappa shape index (κ2) is 16.8. The second-order valence-electron chi connectivity index (χ2n) is 15.1. The molecule has 4 aromatic carbocycles. The highest BCUT2D eigenvalue weighted by Gasteiger charge is 2.57. The predicted molar refractivity (Wildman–Crippen MR) is 219 cm³/mol. The molecule has 1 saturated heterocycles. The lowest BCUT2D eigenvalue weighted by molar-refractivity contribution is -0.156. The number of β-lactam (4-membered cyclic amide) rings is 1. The van der Waals surface area contributed by atoms with Gasteiger partial charge in [-0.1, -0.05) is 149 Å². The summed E-state index contributed by atoms with van der Waals surface area (Å²) in [7, 11) is -2.35. The number of ketones is 1. The summed E-state index contributed by atoms with van der Waals surface area (Å²) in [4.78, 5) is 45.8. The zero-order chi connectivity index (χ0) is 38.4. The molecule has 0 aromatic heterocycles. The number of nitrogens with zero attached hydrogens (tertiary/aromatic N) is 1. The molecule has 1 amide bonds. The maximum Gasteiger partial charge on any atom is 0.356 e. The second-order valence-corrected chi connectivity index (χ2v) is 23.1. The van der Waals surface area contributed by atoms with E-state index < -0.39 is 39.2 Å². The molecule has 1 aliphatic rings. The van der Waals surface area contributed by atoms with E-state index in [1.54, 1.807) is 17.0 Å². The van der Waals surface area contributed by atoms with E-state index in [1.165, 1.54) is 6.08 Å². The first-order valence-corrected chi connectivity index (χ1v) is 22.9. The third-order valence-corrected chi connectivity index (χ3v) is 19.4. The van der Waals surface area contributed by atoms with Crippen molar-refractivity contribution in [2.75, 3.05) is 13.2 Å². The van der Waals surface area contributed by atoms with Gasteiger partial charge in [0.05, 0.1) is 18.1 Å². The number of aliphatic hydroxyl groups is 1. The number of rotatable bonds is 15. The molecule has 1 fully saturated rings. The Kier molecular flexibility index (Phi) is 12.6. The number of carbonyl (C=O) groups is 3. The van der Waals surface area contributed by atoms with Crippen molar-refractivity contribution in [3.63, 3.8) is 0 Å². The smallest absolute Gasteiger partial charge is 0.356 e. The molecule has 0 unspecified atom stereocenters. The average molecular weight is 750 g/mol. The fourth-order valence-corrected chi connectivity index (χ4v) is 12.8. The zero-order valence-electron chi connectivity index (χ0n) is 31.7. The van der Waals surface area contributed by atoms with Crippen molar-refractivity contribution in [2.45, 2.75) is 70.8 Å². The van der Waals surface area contributed by atoms with Crippen LogP contribution >= 0.6 is 6.89 Å². The summed E-state index contributed by atoms with van der Waals surface area (Å²) in [5.74, 6) is -1.75. The summed E-state index contributed by atoms with van der Waals surface area (Å²) in [6.45, 7) is 13.3. The maximum atomic E-state index is 15.0. The van der Waals surface area contributed by atoms with E-state index in [9.17, 15) is 14.7 Å². The van der Waals surface area contributed by atoms with Crippen LogP contribution in [0.4, 0.5) is 0 Å². The minimum Gasteiger partial charge on any atom is -0.457 e. The molecule has 9 heteroatoms. The van der Waals surface area contributed by atoms with Crippen molar-refractivity contribution in [3.8, 4) is 0 Å². The number of hydrogen-bond donors (Lipinski definition) is 1. The van der Waals surface area contributed by atoms with Crippen LogP contribution in [-0.4, -0.2) is 66.8 Å². The Morgan fingerprint density at radius 3 is 1.79 bits per heavy atom. The van der Waals surface area contributed by atoms with Gasteiger partial charge < -0.3 is 19.2 Å². The van der Waals surface area contributed by atoms with Crippen LogP contribution in [0.3, 0.4) is 0 Å². The van der Waals surface area contributed by atoms with E-state index in [-0.39, 0.29) is 41.8 Å². The van der Waals surface area contributed by atoms with E-state index >= 15 is 4.79 Å². The summed E-state index contributed by atoms with van der Waals surface area (Å²) in [6, 6.07) is 36.0. The summed E-state index contributed by atoms with van der Waals surface area (Å²) < 4.78 is 12.8. The van der Waals surface area contributed by atoms with Gasteiger partial charge >= 0.3 is 5.97 Å². The number of ether oxygens (including phenoxy) is 1. The summed E-state index contributed by atoms with van der Waals surface area (Å²) >= 11 is 0. The molecule has 0 saturated carbocycles. The molecule has 1 aliphatic heterocycles. The molecule has 278 valence electrons. The first-order chi connectivity index (χ1) is 25.3. The van der Waals surface area contributed by atoms with Gasteiger partial charge in [-0.15, -0.1) is 0 Å². The lowest BCUT2D eigenvalue weighted by Gasteiger charge is -2.53. The van der Waals surface area contributed by atoms with Gasteiger partial charge in [-0.25, -0.2) is 4.79 Å². The largest absolute Gasteiger partial charge is 0.457 e. The van der Waals surface area contributed by atoms with E-state index in [4.69, 9.17) is 9.16 Å². The van der Waals surface area contributed by atoms with Crippen molar-refractivity contribution < 1.29 is 28.7 Å². The fourth-order valence-electron chi connectivity index (χ4n) is 6.93. The zero-order valence-corrected chi connectivity index (χ0v) is 33.6. The lowest BCUT2D eigenvalue weighted by atomic mass is 9.79. The molecule has 0 radical (unpaired) electrons. The Labute approximate surface area is 315 Å². The normalized spacial score (nSPS) is 16.7. The van der Waals surface area contributed by atoms with Crippen molar-refractivity contribution >= 4 is 54.2 Å². The molecule has 1 heterocycles. The van der Waals surface area contributed by atoms with E-state index in [1.807, 2.05) is 110 Å². The predicted octanol–water partition coefficient (Wildman–Crippen LogP) is 6.88. The minimum atomic E-state index is -3.16. The highest BCUT2D eigenvalue weighted by molar-refractivity contribution is 7.96. The molecule has 53 heavy (non-hydrogen) atoms. The molecule has 0 aliphatic carbocycles. The quantitative estimate of drug-likeness (QED) is 0.0356. The number of aliphatic hydroxyl groups excluding tert-OH is 1. The molecule has 0 bridgehead atoms. The Hall–Kier alpha value is -4.33. The summed E-state index contributed by atoms with van der Waals surface area (Å²) in [6.07, 6.45) is 1.45. The Bertz CT molecular complexity index is 1850.